The number of carbonyl (C=O) groups is 1. The highest BCUT2D eigenvalue weighted by Crippen LogP contribution is 2.26. The van der Waals surface area contributed by atoms with Gasteiger partial charge in [-0.2, -0.15) is 0 Å². The predicted molar refractivity (Wildman–Crippen MR) is 114 cm³/mol. The summed E-state index contributed by atoms with van der Waals surface area (Å²) in [4.78, 5) is 12.3. The highest BCUT2D eigenvalue weighted by molar-refractivity contribution is 5.68. The van der Waals surface area contributed by atoms with Crippen molar-refractivity contribution >= 4 is 6.09 Å². The number of aliphatic hydroxyl groups is 1. The first-order valence-corrected chi connectivity index (χ1v) is 9.79. The maximum Gasteiger partial charge on any atom is 0.407 e. The van der Waals surface area contributed by atoms with Gasteiger partial charge in [0.1, 0.15) is 17.0 Å². The van der Waals surface area contributed by atoms with Gasteiger partial charge in [0.25, 0.3) is 0 Å². The van der Waals surface area contributed by atoms with Crippen LogP contribution in [-0.4, -0.2) is 34.5 Å². The van der Waals surface area contributed by atoms with Gasteiger partial charge in [-0.1, -0.05) is 6.08 Å². The minimum atomic E-state index is -0.755. The van der Waals surface area contributed by atoms with Crippen LogP contribution in [0, 0.1) is 13.8 Å². The van der Waals surface area contributed by atoms with Gasteiger partial charge in [0.05, 0.1) is 12.1 Å². The Hall–Kier alpha value is -2.01. The second kappa shape index (κ2) is 9.46. The lowest BCUT2D eigenvalue weighted by Gasteiger charge is -2.28. The van der Waals surface area contributed by atoms with Crippen LogP contribution >= 0.6 is 0 Å². The highest BCUT2D eigenvalue weighted by atomic mass is 16.6. The summed E-state index contributed by atoms with van der Waals surface area (Å²) in [7, 11) is 0. The van der Waals surface area contributed by atoms with Gasteiger partial charge in [0, 0.05) is 0 Å². The Labute approximate surface area is 170 Å². The van der Waals surface area contributed by atoms with Gasteiger partial charge in [0.15, 0.2) is 0 Å². The topological polar surface area (TPSA) is 67.8 Å². The lowest BCUT2D eigenvalue weighted by atomic mass is 9.92. The van der Waals surface area contributed by atoms with E-state index in [4.69, 9.17) is 9.47 Å². The summed E-state index contributed by atoms with van der Waals surface area (Å²) < 4.78 is 11.3. The zero-order valence-corrected chi connectivity index (χ0v) is 18.7. The van der Waals surface area contributed by atoms with Crippen molar-refractivity contribution in [2.45, 2.75) is 91.6 Å². The summed E-state index contributed by atoms with van der Waals surface area (Å²) in [5.41, 5.74) is 2.31. The van der Waals surface area contributed by atoms with Crippen molar-refractivity contribution in [2.24, 2.45) is 0 Å². The molecule has 0 heterocycles. The number of alkyl carbamates (subject to hydrolysis) is 1. The molecular weight excluding hydrogens is 354 g/mol. The standard InChI is InChI=1S/C23H37NO4/c1-10-11-20(25)19(24-21(26)28-23(7,8)9)14-18-15(2)12-17(13-16(18)3)27-22(4,5)6/h10,12-13,19-20,25H,1,11,14H2,2-9H3,(H,24,26)/t19-,20-/m0/s1. The van der Waals surface area contributed by atoms with E-state index in [2.05, 4.69) is 11.9 Å². The smallest absolute Gasteiger partial charge is 0.407 e. The fourth-order valence-electron chi connectivity index (χ4n) is 2.99. The molecule has 0 radical (unpaired) electrons. The largest absolute Gasteiger partial charge is 0.488 e. The highest BCUT2D eigenvalue weighted by Gasteiger charge is 2.25. The molecule has 1 aromatic carbocycles. The number of aliphatic hydroxyl groups excluding tert-OH is 1. The minimum Gasteiger partial charge on any atom is -0.488 e. The Bertz CT molecular complexity index is 660. The van der Waals surface area contributed by atoms with Gasteiger partial charge in [-0.15, -0.1) is 6.58 Å². The normalized spacial score (nSPS) is 14.2. The van der Waals surface area contributed by atoms with Crippen LogP contribution < -0.4 is 10.1 Å². The van der Waals surface area contributed by atoms with E-state index >= 15 is 0 Å². The lowest BCUT2D eigenvalue weighted by molar-refractivity contribution is 0.0424. The Morgan fingerprint density at radius 2 is 1.68 bits per heavy atom. The summed E-state index contributed by atoms with van der Waals surface area (Å²) in [6.07, 6.45) is 1.22. The molecule has 0 aliphatic heterocycles. The lowest BCUT2D eigenvalue weighted by Crippen LogP contribution is -2.46. The molecule has 1 aromatic rings. The minimum absolute atomic E-state index is 0.276. The number of carbonyl (C=O) groups excluding carboxylic acids is 1. The van der Waals surface area contributed by atoms with Gasteiger partial charge in [0.2, 0.25) is 0 Å². The zero-order chi connectivity index (χ0) is 21.7. The van der Waals surface area contributed by atoms with Gasteiger partial charge in [-0.25, -0.2) is 4.79 Å². The van der Waals surface area contributed by atoms with Crippen LogP contribution in [0.1, 0.15) is 64.7 Å². The molecular formula is C23H37NO4. The molecule has 1 amide bonds. The molecule has 5 nitrogen and oxygen atoms in total. The first kappa shape index (κ1) is 24.0. The van der Waals surface area contributed by atoms with Crippen LogP contribution in [0.15, 0.2) is 24.8 Å². The molecule has 0 spiro atoms. The van der Waals surface area contributed by atoms with Crippen LogP contribution in [-0.2, 0) is 11.2 Å². The van der Waals surface area contributed by atoms with E-state index < -0.39 is 23.8 Å². The second-order valence-electron chi connectivity index (χ2n) is 9.30. The number of rotatable bonds is 7. The van der Waals surface area contributed by atoms with Crippen molar-refractivity contribution in [3.8, 4) is 5.75 Å². The molecule has 0 aliphatic rings. The summed E-state index contributed by atoms with van der Waals surface area (Å²) in [6.45, 7) is 19.2. The quantitative estimate of drug-likeness (QED) is 0.652. The molecule has 0 saturated heterocycles. The molecule has 0 unspecified atom stereocenters. The maximum atomic E-state index is 12.3. The van der Waals surface area contributed by atoms with Crippen molar-refractivity contribution in [3.63, 3.8) is 0 Å². The van der Waals surface area contributed by atoms with Crippen LogP contribution in [0.4, 0.5) is 4.79 Å². The number of nitrogens with one attached hydrogen (secondary N) is 1. The van der Waals surface area contributed by atoms with Gasteiger partial charge >= 0.3 is 6.09 Å². The average molecular weight is 392 g/mol. The van der Waals surface area contributed by atoms with Crippen molar-refractivity contribution in [3.05, 3.63) is 41.5 Å². The Morgan fingerprint density at radius 3 is 2.11 bits per heavy atom. The van der Waals surface area contributed by atoms with Crippen LogP contribution in [0.3, 0.4) is 0 Å². The molecule has 0 aromatic heterocycles. The van der Waals surface area contributed by atoms with Crippen LogP contribution in [0.25, 0.3) is 0 Å². The molecule has 2 atom stereocenters. The Balaban J connectivity index is 3.07. The first-order chi connectivity index (χ1) is 12.7. The van der Waals surface area contributed by atoms with Crippen LogP contribution in [0.5, 0.6) is 5.75 Å². The molecule has 0 bridgehead atoms. The molecule has 1 rings (SSSR count). The third kappa shape index (κ3) is 8.34. The molecule has 0 fully saturated rings. The number of hydrogen-bond acceptors (Lipinski definition) is 4. The second-order valence-corrected chi connectivity index (χ2v) is 9.30. The first-order valence-electron chi connectivity index (χ1n) is 9.79. The summed E-state index contributed by atoms with van der Waals surface area (Å²) in [6, 6.07) is 3.51. The van der Waals surface area contributed by atoms with Crippen molar-refractivity contribution < 1.29 is 19.4 Å². The van der Waals surface area contributed by atoms with E-state index in [0.717, 1.165) is 22.4 Å². The maximum absolute atomic E-state index is 12.3. The van der Waals surface area contributed by atoms with E-state index in [9.17, 15) is 9.90 Å². The third-order valence-electron chi connectivity index (χ3n) is 4.09. The molecule has 0 aliphatic carbocycles. The number of benzene rings is 1. The molecule has 28 heavy (non-hydrogen) atoms. The number of amides is 1. The van der Waals surface area contributed by atoms with Crippen molar-refractivity contribution in [1.29, 1.82) is 0 Å². The van der Waals surface area contributed by atoms with E-state index in [1.165, 1.54) is 0 Å². The summed E-state index contributed by atoms with van der Waals surface area (Å²) >= 11 is 0. The number of hydrogen-bond donors (Lipinski definition) is 2. The molecule has 158 valence electrons. The summed E-state index contributed by atoms with van der Waals surface area (Å²) in [5.74, 6) is 0.814. The van der Waals surface area contributed by atoms with Crippen molar-refractivity contribution in [1.82, 2.24) is 5.32 Å². The van der Waals surface area contributed by atoms with Gasteiger partial charge in [-0.05, 0) is 97.1 Å². The Kier molecular flexibility index (Phi) is 8.12. The zero-order valence-electron chi connectivity index (χ0n) is 18.7. The van der Waals surface area contributed by atoms with E-state index in [0.29, 0.717) is 12.8 Å². The van der Waals surface area contributed by atoms with Gasteiger partial charge < -0.3 is 19.9 Å². The molecule has 5 heteroatoms. The predicted octanol–water partition coefficient (Wildman–Crippen LogP) is 4.85. The third-order valence-corrected chi connectivity index (χ3v) is 4.09. The van der Waals surface area contributed by atoms with E-state index in [1.807, 2.05) is 67.5 Å². The fraction of sp³-hybridized carbons (Fsp3) is 0.609. The average Bonchev–Trinajstić information content (AvgIpc) is 2.46. The van der Waals surface area contributed by atoms with E-state index in [-0.39, 0.29) is 5.60 Å². The van der Waals surface area contributed by atoms with Crippen molar-refractivity contribution in [2.75, 3.05) is 0 Å². The summed E-state index contributed by atoms with van der Waals surface area (Å²) in [5, 5.41) is 13.4. The SMILES string of the molecule is C=CC[C@H](O)[C@H](Cc1c(C)cc(OC(C)(C)C)cc1C)NC(=O)OC(C)(C)C. The molecule has 2 N–H and O–H groups in total. The molecule has 0 saturated carbocycles. The van der Waals surface area contributed by atoms with E-state index in [1.54, 1.807) is 6.08 Å². The number of aryl methyl sites for hydroxylation is 2. The number of ether oxygens (including phenoxy) is 2. The fourth-order valence-corrected chi connectivity index (χ4v) is 2.99. The van der Waals surface area contributed by atoms with Gasteiger partial charge in [-0.3, -0.25) is 0 Å². The Morgan fingerprint density at radius 1 is 1.14 bits per heavy atom. The monoisotopic (exact) mass is 391 g/mol. The van der Waals surface area contributed by atoms with Crippen LogP contribution in [0.2, 0.25) is 0 Å².